The van der Waals surface area contributed by atoms with E-state index < -0.39 is 5.41 Å². The van der Waals surface area contributed by atoms with Crippen molar-refractivity contribution in [3.63, 3.8) is 0 Å². The van der Waals surface area contributed by atoms with Crippen molar-refractivity contribution in [2.45, 2.75) is 132 Å². The molecule has 8 atom stereocenters. The zero-order valence-electron chi connectivity index (χ0n) is 30.9. The van der Waals surface area contributed by atoms with E-state index in [0.717, 1.165) is 62.5 Å². The van der Waals surface area contributed by atoms with Crippen LogP contribution in [0.1, 0.15) is 125 Å². The third-order valence-corrected chi connectivity index (χ3v) is 15.2. The Morgan fingerprint density at radius 2 is 1.53 bits per heavy atom. The van der Waals surface area contributed by atoms with Crippen molar-refractivity contribution in [1.82, 2.24) is 10.9 Å². The van der Waals surface area contributed by atoms with Gasteiger partial charge in [0, 0.05) is 35.6 Å². The van der Waals surface area contributed by atoms with Gasteiger partial charge in [-0.3, -0.25) is 30.0 Å². The highest BCUT2D eigenvalue weighted by Crippen LogP contribution is 2.77. The van der Waals surface area contributed by atoms with Gasteiger partial charge in [-0.05, 0) is 115 Å². The van der Waals surface area contributed by atoms with Crippen molar-refractivity contribution < 1.29 is 23.9 Å². The molecular weight excluding hydrogens is 636 g/mol. The highest BCUT2D eigenvalue weighted by molar-refractivity contribution is 6.30. The van der Waals surface area contributed by atoms with Crippen LogP contribution in [0, 0.1) is 50.7 Å². The fraction of sp³-hybridized carbons (Fsp3) is 0.707. The lowest BCUT2D eigenvalue weighted by Gasteiger charge is -2.72. The molecule has 268 valence electrons. The molecule has 1 aromatic rings. The second-order valence-corrected chi connectivity index (χ2v) is 18.4. The van der Waals surface area contributed by atoms with Gasteiger partial charge in [-0.2, -0.15) is 0 Å². The Morgan fingerprint density at radius 1 is 0.857 bits per heavy atom. The topological polar surface area (TPSA) is 102 Å². The van der Waals surface area contributed by atoms with Gasteiger partial charge < -0.3 is 4.74 Å². The van der Waals surface area contributed by atoms with Crippen LogP contribution >= 0.6 is 11.6 Å². The average molecular weight is 693 g/mol. The molecule has 0 saturated heterocycles. The van der Waals surface area contributed by atoms with E-state index >= 15 is 0 Å². The molecule has 2 amide bonds. The minimum Gasteiger partial charge on any atom is -0.462 e. The summed E-state index contributed by atoms with van der Waals surface area (Å²) in [5, 5.41) is 0.604. The highest BCUT2D eigenvalue weighted by atomic mass is 35.5. The van der Waals surface area contributed by atoms with Crippen molar-refractivity contribution in [2.75, 3.05) is 0 Å². The van der Waals surface area contributed by atoms with Gasteiger partial charge in [-0.25, -0.2) is 0 Å². The molecule has 1 aromatic carbocycles. The summed E-state index contributed by atoms with van der Waals surface area (Å²) >= 11 is 5.98. The summed E-state index contributed by atoms with van der Waals surface area (Å²) < 4.78 is 5.93. The number of carbonyl (C=O) groups excluding carboxylic acids is 4. The van der Waals surface area contributed by atoms with Gasteiger partial charge >= 0.3 is 5.97 Å². The van der Waals surface area contributed by atoms with E-state index in [1.165, 1.54) is 12.5 Å². The standard InChI is InChI=1S/C41H57ClN2O5/c1-24(2)35-29(46)22-41(23-34(48)44-43-33(47)21-26-9-11-27(42)12-10-26)20-19-39(7)28(36(35)41)13-14-31-38(6)17-16-32(49-25(3)45)37(4,5)30(38)15-18-40(31,39)8/h9-12,24,28,30-32H,13-23H2,1-8H3,(H,43,47)(H,44,48)/t28-,30+,31-,32+,38+,39-,40-,41+/m1/s1. The number of ketones is 1. The van der Waals surface area contributed by atoms with Crippen molar-refractivity contribution >= 4 is 35.2 Å². The quantitative estimate of drug-likeness (QED) is 0.231. The fourth-order valence-electron chi connectivity index (χ4n) is 12.7. The Bertz CT molecular complexity index is 1570. The molecule has 0 aromatic heterocycles. The summed E-state index contributed by atoms with van der Waals surface area (Å²) in [5.41, 5.74) is 7.94. The van der Waals surface area contributed by atoms with Gasteiger partial charge in [0.05, 0.1) is 6.42 Å². The molecule has 0 unspecified atom stereocenters. The maximum atomic E-state index is 13.9. The van der Waals surface area contributed by atoms with Crippen LogP contribution in [-0.2, 0) is 30.3 Å². The second-order valence-electron chi connectivity index (χ2n) is 18.0. The van der Waals surface area contributed by atoms with Crippen LogP contribution < -0.4 is 10.9 Å². The number of hydrazine groups is 1. The third-order valence-electron chi connectivity index (χ3n) is 14.9. The number of fused-ring (bicyclic) bond motifs is 7. The predicted molar refractivity (Wildman–Crippen MR) is 191 cm³/mol. The van der Waals surface area contributed by atoms with E-state index in [-0.39, 0.29) is 76.0 Å². The summed E-state index contributed by atoms with van der Waals surface area (Å²) in [6.07, 6.45) is 8.74. The number of carbonyl (C=O) groups is 4. The first-order chi connectivity index (χ1) is 22.9. The van der Waals surface area contributed by atoms with Gasteiger partial charge in [0.2, 0.25) is 11.8 Å². The largest absolute Gasteiger partial charge is 0.462 e. The Hall–Kier alpha value is -2.67. The molecule has 0 bridgehead atoms. The molecule has 4 fully saturated rings. The van der Waals surface area contributed by atoms with Gasteiger partial charge in [-0.15, -0.1) is 0 Å². The molecule has 8 heteroatoms. The first-order valence-electron chi connectivity index (χ1n) is 18.6. The van der Waals surface area contributed by atoms with Crippen LogP contribution in [0.15, 0.2) is 35.4 Å². The molecule has 0 radical (unpaired) electrons. The van der Waals surface area contributed by atoms with Crippen LogP contribution in [0.2, 0.25) is 5.02 Å². The van der Waals surface area contributed by atoms with Crippen LogP contribution in [0.25, 0.3) is 0 Å². The zero-order valence-corrected chi connectivity index (χ0v) is 31.6. The number of hydrogen-bond acceptors (Lipinski definition) is 5. The van der Waals surface area contributed by atoms with Gasteiger partial charge in [0.15, 0.2) is 5.78 Å². The van der Waals surface area contributed by atoms with Gasteiger partial charge in [0.1, 0.15) is 6.10 Å². The van der Waals surface area contributed by atoms with Crippen LogP contribution in [-0.4, -0.2) is 29.7 Å². The Kier molecular flexibility index (Phi) is 9.24. The number of rotatable bonds is 6. The number of ether oxygens (including phenoxy) is 1. The molecule has 6 rings (SSSR count). The molecule has 5 aliphatic rings. The number of Topliss-reactive ketones (excluding diaryl/α,β-unsaturated/α-hetero) is 1. The minimum atomic E-state index is -0.514. The lowest BCUT2D eigenvalue weighted by atomic mass is 9.33. The molecular formula is C41H57ClN2O5. The van der Waals surface area contributed by atoms with Crippen LogP contribution in [0.3, 0.4) is 0 Å². The zero-order chi connectivity index (χ0) is 35.7. The van der Waals surface area contributed by atoms with Crippen molar-refractivity contribution in [2.24, 2.45) is 50.7 Å². The van der Waals surface area contributed by atoms with E-state index in [1.807, 2.05) is 0 Å². The summed E-state index contributed by atoms with van der Waals surface area (Å²) in [6, 6.07) is 7.08. The number of esters is 1. The molecule has 2 N–H and O–H groups in total. The monoisotopic (exact) mass is 692 g/mol. The Labute approximate surface area is 298 Å². The SMILES string of the molecule is CC(=O)O[C@H]1CC[C@]2(C)[C@H]3CC[C@@H]4C5=C(C(C)C)C(=O)C[C@]5(CC(=O)NNC(=O)Cc5ccc(Cl)cc5)CC[C@@]4(C)[C@]3(C)CC[C@H]2C1(C)C. The van der Waals surface area contributed by atoms with Crippen molar-refractivity contribution in [3.05, 3.63) is 46.0 Å². The van der Waals surface area contributed by atoms with Gasteiger partial charge in [0.25, 0.3) is 0 Å². The molecule has 0 heterocycles. The number of allylic oxidation sites excluding steroid dienone is 2. The smallest absolute Gasteiger partial charge is 0.302 e. The lowest BCUT2D eigenvalue weighted by Crippen LogP contribution is -2.65. The van der Waals surface area contributed by atoms with E-state index in [4.69, 9.17) is 16.3 Å². The molecule has 49 heavy (non-hydrogen) atoms. The summed E-state index contributed by atoms with van der Waals surface area (Å²) in [6.45, 7) is 18.0. The van der Waals surface area contributed by atoms with Gasteiger partial charge in [-0.1, -0.05) is 77.8 Å². The maximum Gasteiger partial charge on any atom is 0.302 e. The first-order valence-corrected chi connectivity index (χ1v) is 19.0. The van der Waals surface area contributed by atoms with E-state index in [1.54, 1.807) is 24.3 Å². The number of hydrogen-bond donors (Lipinski definition) is 2. The highest BCUT2D eigenvalue weighted by Gasteiger charge is 2.70. The van der Waals surface area contributed by atoms with E-state index in [2.05, 4.69) is 59.3 Å². The third kappa shape index (κ3) is 5.78. The Balaban J connectivity index is 1.25. The van der Waals surface area contributed by atoms with E-state index in [0.29, 0.717) is 23.3 Å². The summed E-state index contributed by atoms with van der Waals surface area (Å²) in [5.74, 6) is 0.793. The average Bonchev–Trinajstić information content (AvgIpc) is 3.30. The minimum absolute atomic E-state index is 0.00631. The normalized spacial score (nSPS) is 37.8. The van der Waals surface area contributed by atoms with Crippen molar-refractivity contribution in [1.29, 1.82) is 0 Å². The number of amides is 2. The molecule has 0 spiro atoms. The lowest BCUT2D eigenvalue weighted by molar-refractivity contribution is -0.232. The molecule has 5 aliphatic carbocycles. The summed E-state index contributed by atoms with van der Waals surface area (Å²) in [4.78, 5) is 52.3. The summed E-state index contributed by atoms with van der Waals surface area (Å²) in [7, 11) is 0. The Morgan fingerprint density at radius 3 is 2.18 bits per heavy atom. The number of nitrogens with one attached hydrogen (secondary N) is 2. The molecule has 0 aliphatic heterocycles. The number of benzene rings is 1. The predicted octanol–water partition coefficient (Wildman–Crippen LogP) is 8.33. The van der Waals surface area contributed by atoms with Crippen LogP contribution in [0.4, 0.5) is 0 Å². The maximum absolute atomic E-state index is 13.9. The molecule has 7 nitrogen and oxygen atoms in total. The van der Waals surface area contributed by atoms with Crippen molar-refractivity contribution in [3.8, 4) is 0 Å². The first kappa shape index (κ1) is 36.1. The number of halogens is 1. The second kappa shape index (κ2) is 12.5. The fourth-order valence-corrected chi connectivity index (χ4v) is 12.8. The molecule has 4 saturated carbocycles. The van der Waals surface area contributed by atoms with E-state index in [9.17, 15) is 19.2 Å². The van der Waals surface area contributed by atoms with Crippen LogP contribution in [0.5, 0.6) is 0 Å².